The summed E-state index contributed by atoms with van der Waals surface area (Å²) < 4.78 is 12.8. The van der Waals surface area contributed by atoms with E-state index in [1.54, 1.807) is 13.8 Å². The highest BCUT2D eigenvalue weighted by atomic mass is 35.5. The molecule has 1 aromatic carbocycles. The highest BCUT2D eigenvalue weighted by molar-refractivity contribution is 6.65. The van der Waals surface area contributed by atoms with Gasteiger partial charge in [-0.3, -0.25) is 10.2 Å². The van der Waals surface area contributed by atoms with Crippen LogP contribution in [0.2, 0.25) is 0 Å². The summed E-state index contributed by atoms with van der Waals surface area (Å²) in [6, 6.07) is 5.42. The smallest absolute Gasteiger partial charge is 0.297 e. The first kappa shape index (κ1) is 13.4. The minimum atomic E-state index is -0.825. The van der Waals surface area contributed by atoms with E-state index in [0.717, 1.165) is 6.07 Å². The Bertz CT molecular complexity index is 435. The molecule has 0 unspecified atom stereocenters. The van der Waals surface area contributed by atoms with Crippen molar-refractivity contribution in [1.29, 1.82) is 0 Å². The van der Waals surface area contributed by atoms with Gasteiger partial charge in [-0.15, -0.1) is 0 Å². The van der Waals surface area contributed by atoms with Gasteiger partial charge in [0.2, 0.25) is 0 Å². The second kappa shape index (κ2) is 6.20. The average molecular weight is 259 g/mol. The molecule has 0 saturated heterocycles. The molecule has 0 saturated carbocycles. The number of nitrogens with one attached hydrogen (secondary N) is 1. The summed E-state index contributed by atoms with van der Waals surface area (Å²) in [5, 5.41) is 5.91. The largest absolute Gasteiger partial charge is 0.437 e. The van der Waals surface area contributed by atoms with Gasteiger partial charge in [0.05, 0.1) is 0 Å². The number of oxime groups is 1. The number of hydrogen-bond donors (Lipinski definition) is 1. The summed E-state index contributed by atoms with van der Waals surface area (Å²) in [6.45, 7) is 3.61. The van der Waals surface area contributed by atoms with E-state index in [-0.39, 0.29) is 16.8 Å². The van der Waals surface area contributed by atoms with E-state index < -0.39 is 11.9 Å². The van der Waals surface area contributed by atoms with E-state index in [1.165, 1.54) is 18.2 Å². The number of nitrogens with zero attached hydrogens (tertiary/aromatic N) is 1. The molecule has 0 aliphatic rings. The third kappa shape index (κ3) is 4.82. The van der Waals surface area contributed by atoms with Crippen LogP contribution >= 0.6 is 11.6 Å². The van der Waals surface area contributed by atoms with E-state index in [1.807, 2.05) is 0 Å². The minimum Gasteiger partial charge on any atom is -0.297 e. The van der Waals surface area contributed by atoms with Crippen molar-refractivity contribution in [3.8, 4) is 0 Å². The van der Waals surface area contributed by atoms with Crippen LogP contribution in [0.4, 0.5) is 14.9 Å². The van der Waals surface area contributed by atoms with Gasteiger partial charge in [-0.1, -0.05) is 36.7 Å². The molecular weight excluding hydrogens is 247 g/mol. The van der Waals surface area contributed by atoms with Crippen LogP contribution < -0.4 is 5.32 Å². The SMILES string of the molecule is CC(C)/C(Cl)=N\OC(=O)Nc1cccc(F)c1. The highest BCUT2D eigenvalue weighted by Crippen LogP contribution is 2.09. The molecule has 0 spiro atoms. The summed E-state index contributed by atoms with van der Waals surface area (Å²) in [5.74, 6) is -0.481. The Balaban J connectivity index is 2.53. The van der Waals surface area contributed by atoms with E-state index in [2.05, 4.69) is 15.3 Å². The van der Waals surface area contributed by atoms with E-state index >= 15 is 0 Å². The zero-order chi connectivity index (χ0) is 12.8. The minimum absolute atomic E-state index is 0.0290. The highest BCUT2D eigenvalue weighted by Gasteiger charge is 2.06. The maximum Gasteiger partial charge on any atom is 0.437 e. The lowest BCUT2D eigenvalue weighted by atomic mass is 10.2. The summed E-state index contributed by atoms with van der Waals surface area (Å²) in [7, 11) is 0. The molecule has 0 aliphatic heterocycles. The topological polar surface area (TPSA) is 50.7 Å². The molecule has 0 heterocycles. The number of carbonyl (C=O) groups excluding carboxylic acids is 1. The van der Waals surface area contributed by atoms with Crippen LogP contribution in [0, 0.1) is 11.7 Å². The Hall–Kier alpha value is -1.62. The van der Waals surface area contributed by atoms with Crippen LogP contribution in [0.3, 0.4) is 0 Å². The monoisotopic (exact) mass is 258 g/mol. The molecule has 1 rings (SSSR count). The number of hydrogen-bond acceptors (Lipinski definition) is 3. The van der Waals surface area contributed by atoms with Gasteiger partial charge in [-0.05, 0) is 18.2 Å². The van der Waals surface area contributed by atoms with Crippen LogP contribution in [0.5, 0.6) is 0 Å². The van der Waals surface area contributed by atoms with Crippen molar-refractivity contribution in [2.75, 3.05) is 5.32 Å². The third-order valence-corrected chi connectivity index (χ3v) is 2.27. The molecular formula is C11H12ClFN2O2. The summed E-state index contributed by atoms with van der Waals surface area (Å²) in [4.78, 5) is 15.7. The van der Waals surface area contributed by atoms with Crippen molar-refractivity contribution in [1.82, 2.24) is 0 Å². The number of amides is 1. The third-order valence-electron chi connectivity index (χ3n) is 1.76. The average Bonchev–Trinajstić information content (AvgIpc) is 2.25. The second-order valence-corrected chi connectivity index (χ2v) is 3.97. The van der Waals surface area contributed by atoms with Crippen molar-refractivity contribution < 1.29 is 14.0 Å². The van der Waals surface area contributed by atoms with Crippen molar-refractivity contribution >= 4 is 28.6 Å². The van der Waals surface area contributed by atoms with Gasteiger partial charge in [0.1, 0.15) is 11.0 Å². The van der Waals surface area contributed by atoms with E-state index in [0.29, 0.717) is 0 Å². The van der Waals surface area contributed by atoms with Gasteiger partial charge in [0.25, 0.3) is 0 Å². The van der Waals surface area contributed by atoms with Gasteiger partial charge in [0, 0.05) is 11.6 Å². The predicted octanol–water partition coefficient (Wildman–Crippen LogP) is 3.58. The maximum absolute atomic E-state index is 12.8. The molecule has 0 radical (unpaired) electrons. The van der Waals surface area contributed by atoms with Crippen LogP contribution in [0.15, 0.2) is 29.4 Å². The zero-order valence-electron chi connectivity index (χ0n) is 9.41. The molecule has 0 atom stereocenters. The van der Waals surface area contributed by atoms with Gasteiger partial charge < -0.3 is 0 Å². The van der Waals surface area contributed by atoms with Crippen LogP contribution in [0.1, 0.15) is 13.8 Å². The summed E-state index contributed by atoms with van der Waals surface area (Å²) >= 11 is 5.67. The van der Waals surface area contributed by atoms with E-state index in [4.69, 9.17) is 11.6 Å². The fourth-order valence-corrected chi connectivity index (χ4v) is 0.932. The zero-order valence-corrected chi connectivity index (χ0v) is 10.2. The quantitative estimate of drug-likeness (QED) is 0.512. The first-order valence-corrected chi connectivity index (χ1v) is 5.34. The van der Waals surface area contributed by atoms with Crippen LogP contribution in [-0.2, 0) is 4.84 Å². The second-order valence-electron chi connectivity index (χ2n) is 3.58. The molecule has 4 nitrogen and oxygen atoms in total. The lowest BCUT2D eigenvalue weighted by Crippen LogP contribution is -2.12. The van der Waals surface area contributed by atoms with E-state index in [9.17, 15) is 9.18 Å². The fourth-order valence-electron chi connectivity index (χ4n) is 0.897. The molecule has 1 N–H and O–H groups in total. The maximum atomic E-state index is 12.8. The number of carbonyl (C=O) groups is 1. The normalized spacial score (nSPS) is 11.5. The van der Waals surface area contributed by atoms with Crippen molar-refractivity contribution in [3.63, 3.8) is 0 Å². The van der Waals surface area contributed by atoms with Crippen molar-refractivity contribution in [3.05, 3.63) is 30.1 Å². The molecule has 17 heavy (non-hydrogen) atoms. The summed E-state index contributed by atoms with van der Waals surface area (Å²) in [6.07, 6.45) is -0.825. The van der Waals surface area contributed by atoms with Gasteiger partial charge >= 0.3 is 6.09 Å². The molecule has 1 aromatic rings. The van der Waals surface area contributed by atoms with Gasteiger partial charge in [0.15, 0.2) is 0 Å². The molecule has 0 aliphatic carbocycles. The number of halogens is 2. The van der Waals surface area contributed by atoms with Gasteiger partial charge in [-0.2, -0.15) is 0 Å². The number of anilines is 1. The first-order chi connectivity index (χ1) is 7.99. The molecule has 6 heteroatoms. The van der Waals surface area contributed by atoms with Crippen LogP contribution in [-0.4, -0.2) is 11.3 Å². The molecule has 0 aromatic heterocycles. The molecule has 92 valence electrons. The Labute approximate surface area is 103 Å². The fraction of sp³-hybridized carbons (Fsp3) is 0.273. The molecule has 1 amide bonds. The lowest BCUT2D eigenvalue weighted by molar-refractivity contribution is 0.166. The molecule has 0 fully saturated rings. The number of rotatable bonds is 3. The van der Waals surface area contributed by atoms with Crippen LogP contribution in [0.25, 0.3) is 0 Å². The standard InChI is InChI=1S/C11H12ClFN2O2/c1-7(2)10(12)15-17-11(16)14-9-5-3-4-8(13)6-9/h3-7H,1-2H3,(H,14,16)/b15-10+. The Kier molecular flexibility index (Phi) is 4.90. The Morgan fingerprint density at radius 2 is 2.24 bits per heavy atom. The van der Waals surface area contributed by atoms with Gasteiger partial charge in [-0.25, -0.2) is 9.18 Å². The van der Waals surface area contributed by atoms with Crippen molar-refractivity contribution in [2.45, 2.75) is 13.8 Å². The first-order valence-electron chi connectivity index (χ1n) is 4.96. The molecule has 0 bridgehead atoms. The lowest BCUT2D eigenvalue weighted by Gasteiger charge is -2.04. The number of benzene rings is 1. The Morgan fingerprint density at radius 1 is 1.53 bits per heavy atom. The Morgan fingerprint density at radius 3 is 2.82 bits per heavy atom. The predicted molar refractivity (Wildman–Crippen MR) is 64.6 cm³/mol. The summed E-state index contributed by atoms with van der Waals surface area (Å²) in [5.41, 5.74) is 0.283. The van der Waals surface area contributed by atoms with Crippen molar-refractivity contribution in [2.24, 2.45) is 11.1 Å².